The topological polar surface area (TPSA) is 59.2 Å². The molecule has 1 aliphatic heterocycles. The lowest BCUT2D eigenvalue weighted by molar-refractivity contribution is 0.0575. The molecular formula is C19H18FN3O2S. The smallest absolute Gasteiger partial charge is 0.266 e. The molecule has 1 saturated heterocycles. The fourth-order valence-electron chi connectivity index (χ4n) is 3.26. The Hall–Kier alpha value is -2.54. The van der Waals surface area contributed by atoms with Gasteiger partial charge in [-0.3, -0.25) is 9.78 Å². The number of oxazole rings is 1. The molecule has 1 fully saturated rings. The van der Waals surface area contributed by atoms with Crippen LogP contribution in [0.2, 0.25) is 0 Å². The number of halogens is 1. The van der Waals surface area contributed by atoms with Gasteiger partial charge in [0.1, 0.15) is 22.5 Å². The molecule has 0 radical (unpaired) electrons. The van der Waals surface area contributed by atoms with Gasteiger partial charge < -0.3 is 9.32 Å². The van der Waals surface area contributed by atoms with E-state index in [0.717, 1.165) is 24.8 Å². The predicted octanol–water partition coefficient (Wildman–Crippen LogP) is 4.23. The minimum atomic E-state index is -0.258. The first-order valence-electron chi connectivity index (χ1n) is 8.59. The van der Waals surface area contributed by atoms with Crippen molar-refractivity contribution in [3.8, 4) is 0 Å². The average Bonchev–Trinajstić information content (AvgIpc) is 3.35. The van der Waals surface area contributed by atoms with Crippen LogP contribution in [-0.4, -0.2) is 27.3 Å². The molecule has 0 spiro atoms. The summed E-state index contributed by atoms with van der Waals surface area (Å²) in [6.45, 7) is 0.692. The van der Waals surface area contributed by atoms with Crippen molar-refractivity contribution < 1.29 is 13.6 Å². The Labute approximate surface area is 154 Å². The van der Waals surface area contributed by atoms with Gasteiger partial charge in [0.05, 0.1) is 17.9 Å². The fourth-order valence-corrected chi connectivity index (χ4v) is 3.83. The molecule has 0 unspecified atom stereocenters. The molecule has 2 aromatic heterocycles. The second-order valence-corrected chi connectivity index (χ2v) is 7.23. The molecule has 1 aromatic carbocycles. The summed E-state index contributed by atoms with van der Waals surface area (Å²) in [5.74, 6) is 1.00. The van der Waals surface area contributed by atoms with E-state index in [9.17, 15) is 9.18 Å². The minimum absolute atomic E-state index is 0.0181. The van der Waals surface area contributed by atoms with Gasteiger partial charge >= 0.3 is 0 Å². The van der Waals surface area contributed by atoms with E-state index in [1.165, 1.54) is 23.5 Å². The maximum Gasteiger partial charge on any atom is 0.266 e. The third kappa shape index (κ3) is 3.53. The van der Waals surface area contributed by atoms with E-state index in [-0.39, 0.29) is 17.8 Å². The molecule has 0 saturated carbocycles. The molecule has 0 N–H and O–H groups in total. The monoisotopic (exact) mass is 371 g/mol. The summed E-state index contributed by atoms with van der Waals surface area (Å²) < 4.78 is 19.0. The lowest BCUT2D eigenvalue weighted by Gasteiger charge is -2.33. The summed E-state index contributed by atoms with van der Waals surface area (Å²) in [4.78, 5) is 23.7. The number of nitrogens with zero attached hydrogens (tertiary/aromatic N) is 3. The van der Waals surface area contributed by atoms with Crippen molar-refractivity contribution in [2.45, 2.75) is 31.7 Å². The SMILES string of the molecule is O=C(c1cncs1)N1CCCC[C@H]1c1ncc(Cc2ccc(F)cc2)o1. The molecule has 5 nitrogen and oxygen atoms in total. The molecule has 4 rings (SSSR count). The Morgan fingerprint density at radius 3 is 2.88 bits per heavy atom. The number of aromatic nitrogens is 2. The molecule has 3 heterocycles. The molecule has 3 aromatic rings. The van der Waals surface area contributed by atoms with Crippen LogP contribution in [0.5, 0.6) is 0 Å². The Morgan fingerprint density at radius 2 is 2.12 bits per heavy atom. The van der Waals surface area contributed by atoms with Crippen LogP contribution < -0.4 is 0 Å². The van der Waals surface area contributed by atoms with Crippen LogP contribution in [0.4, 0.5) is 4.39 Å². The summed E-state index contributed by atoms with van der Waals surface area (Å²) in [5, 5.41) is 0. The molecule has 7 heteroatoms. The van der Waals surface area contributed by atoms with Crippen LogP contribution in [0.1, 0.15) is 52.2 Å². The number of carbonyl (C=O) groups is 1. The zero-order valence-corrected chi connectivity index (χ0v) is 14.9. The first-order chi connectivity index (χ1) is 12.7. The van der Waals surface area contributed by atoms with E-state index in [1.54, 1.807) is 30.0 Å². The molecule has 0 aliphatic carbocycles. The standard InChI is InChI=1S/C19H18FN3O2S/c20-14-6-4-13(5-7-14)9-15-10-22-18(25-15)16-3-1-2-8-23(16)19(24)17-11-21-12-26-17/h4-7,10-12,16H,1-3,8-9H2/t16-/m0/s1. The van der Waals surface area contributed by atoms with Crippen molar-refractivity contribution in [3.05, 3.63) is 70.1 Å². The number of likely N-dealkylation sites (tertiary alicyclic amines) is 1. The molecule has 1 amide bonds. The van der Waals surface area contributed by atoms with E-state index < -0.39 is 0 Å². The van der Waals surface area contributed by atoms with Gasteiger partial charge in [-0.2, -0.15) is 0 Å². The predicted molar refractivity (Wildman–Crippen MR) is 95.5 cm³/mol. The number of amides is 1. The van der Waals surface area contributed by atoms with Crippen LogP contribution >= 0.6 is 11.3 Å². The van der Waals surface area contributed by atoms with E-state index in [4.69, 9.17) is 4.42 Å². The van der Waals surface area contributed by atoms with Gasteiger partial charge in [-0.05, 0) is 37.0 Å². The number of rotatable bonds is 4. The van der Waals surface area contributed by atoms with Crippen molar-refractivity contribution in [2.75, 3.05) is 6.54 Å². The highest BCUT2D eigenvalue weighted by atomic mass is 32.1. The summed E-state index contributed by atoms with van der Waals surface area (Å²) in [6, 6.07) is 6.18. The largest absolute Gasteiger partial charge is 0.443 e. The number of piperidine rings is 1. The lowest BCUT2D eigenvalue weighted by atomic mass is 10.0. The molecular weight excluding hydrogens is 353 g/mol. The highest BCUT2D eigenvalue weighted by molar-refractivity contribution is 7.11. The zero-order valence-electron chi connectivity index (χ0n) is 14.1. The Bertz CT molecular complexity index is 877. The fraction of sp³-hybridized carbons (Fsp3) is 0.316. The number of carbonyl (C=O) groups excluding carboxylic acids is 1. The molecule has 1 atom stereocenters. The molecule has 26 heavy (non-hydrogen) atoms. The Kier molecular flexibility index (Phi) is 4.79. The van der Waals surface area contributed by atoms with Crippen LogP contribution in [0, 0.1) is 5.82 Å². The van der Waals surface area contributed by atoms with Crippen molar-refractivity contribution in [1.29, 1.82) is 0 Å². The van der Waals surface area contributed by atoms with Gasteiger partial charge in [-0.1, -0.05) is 12.1 Å². The van der Waals surface area contributed by atoms with Crippen molar-refractivity contribution in [3.63, 3.8) is 0 Å². The van der Waals surface area contributed by atoms with Crippen LogP contribution in [0.25, 0.3) is 0 Å². The maximum absolute atomic E-state index is 13.0. The van der Waals surface area contributed by atoms with Gasteiger partial charge in [0.2, 0.25) is 5.89 Å². The first kappa shape index (κ1) is 16.9. The van der Waals surface area contributed by atoms with Gasteiger partial charge in [0.25, 0.3) is 5.91 Å². The number of benzene rings is 1. The molecule has 1 aliphatic rings. The number of hydrogen-bond donors (Lipinski definition) is 0. The third-order valence-corrected chi connectivity index (χ3v) is 5.32. The maximum atomic E-state index is 13.0. The Balaban J connectivity index is 1.52. The summed E-state index contributed by atoms with van der Waals surface area (Å²) in [7, 11) is 0. The van der Waals surface area contributed by atoms with Gasteiger partial charge in [-0.15, -0.1) is 11.3 Å². The van der Waals surface area contributed by atoms with Gasteiger partial charge in [0, 0.05) is 13.0 Å². The quantitative estimate of drug-likeness (QED) is 0.689. The number of thiazole rings is 1. The van der Waals surface area contributed by atoms with Gasteiger partial charge in [-0.25, -0.2) is 9.37 Å². The highest BCUT2D eigenvalue weighted by Crippen LogP contribution is 2.32. The highest BCUT2D eigenvalue weighted by Gasteiger charge is 2.32. The summed E-state index contributed by atoms with van der Waals surface area (Å²) in [6.07, 6.45) is 6.69. The van der Waals surface area contributed by atoms with Crippen LogP contribution in [0.3, 0.4) is 0 Å². The van der Waals surface area contributed by atoms with Gasteiger partial charge in [0.15, 0.2) is 0 Å². The average molecular weight is 371 g/mol. The van der Waals surface area contributed by atoms with Crippen molar-refractivity contribution in [1.82, 2.24) is 14.9 Å². The van der Waals surface area contributed by atoms with E-state index in [2.05, 4.69) is 9.97 Å². The normalized spacial score (nSPS) is 17.4. The van der Waals surface area contributed by atoms with Crippen molar-refractivity contribution in [2.24, 2.45) is 0 Å². The van der Waals surface area contributed by atoms with E-state index >= 15 is 0 Å². The third-order valence-electron chi connectivity index (χ3n) is 4.55. The first-order valence-corrected chi connectivity index (χ1v) is 9.47. The lowest BCUT2D eigenvalue weighted by Crippen LogP contribution is -2.38. The van der Waals surface area contributed by atoms with E-state index in [0.29, 0.717) is 29.5 Å². The van der Waals surface area contributed by atoms with Crippen LogP contribution in [0.15, 0.2) is 46.6 Å². The Morgan fingerprint density at radius 1 is 1.27 bits per heavy atom. The summed E-state index contributed by atoms with van der Waals surface area (Å²) >= 11 is 1.35. The van der Waals surface area contributed by atoms with Crippen molar-refractivity contribution >= 4 is 17.2 Å². The minimum Gasteiger partial charge on any atom is -0.443 e. The van der Waals surface area contributed by atoms with E-state index in [1.807, 2.05) is 4.90 Å². The molecule has 134 valence electrons. The summed E-state index contributed by atoms with van der Waals surface area (Å²) in [5.41, 5.74) is 2.62. The number of hydrogen-bond acceptors (Lipinski definition) is 5. The molecule has 0 bridgehead atoms. The second kappa shape index (κ2) is 7.37. The van der Waals surface area contributed by atoms with Crippen LogP contribution in [-0.2, 0) is 6.42 Å². The second-order valence-electron chi connectivity index (χ2n) is 6.34. The zero-order chi connectivity index (χ0) is 17.9.